The molecule has 33 heavy (non-hydrogen) atoms. The lowest BCUT2D eigenvalue weighted by molar-refractivity contribution is 0.0898. The van der Waals surface area contributed by atoms with E-state index in [2.05, 4.69) is 74.5 Å². The Morgan fingerprint density at radius 1 is 1.24 bits per heavy atom. The van der Waals surface area contributed by atoms with Crippen LogP contribution in [0.3, 0.4) is 0 Å². The quantitative estimate of drug-likeness (QED) is 0.497. The summed E-state index contributed by atoms with van der Waals surface area (Å²) in [5.74, 6) is 0. The highest BCUT2D eigenvalue weighted by Gasteiger charge is 2.51. The second-order valence-corrected chi connectivity index (χ2v) is 16.6. The van der Waals surface area contributed by atoms with Crippen molar-refractivity contribution in [1.82, 2.24) is 29.6 Å². The smallest absolute Gasteiger partial charge is 0.322 e. The van der Waals surface area contributed by atoms with Gasteiger partial charge in [0.2, 0.25) is 0 Å². The molecule has 3 atom stereocenters. The molecule has 3 fully saturated rings. The number of amides is 2. The molecule has 1 aromatic heterocycles. The molecule has 1 N–H and O–H groups in total. The Labute approximate surface area is 197 Å². The predicted molar refractivity (Wildman–Crippen MR) is 133 cm³/mol. The summed E-state index contributed by atoms with van der Waals surface area (Å²) in [7, 11) is 1.05. The number of nitrogens with zero attached hydrogens (tertiary/aromatic N) is 5. The van der Waals surface area contributed by atoms with Gasteiger partial charge in [0.25, 0.3) is 0 Å². The van der Waals surface area contributed by atoms with Crippen LogP contribution in [0.4, 0.5) is 4.79 Å². The van der Waals surface area contributed by atoms with Gasteiger partial charge in [-0.15, -0.1) is 0 Å². The van der Waals surface area contributed by atoms with Crippen LogP contribution in [0.2, 0.25) is 25.7 Å². The van der Waals surface area contributed by atoms with Crippen molar-refractivity contribution < 1.29 is 9.53 Å². The number of nitrogens with one attached hydrogen (secondary N) is 1. The van der Waals surface area contributed by atoms with Crippen LogP contribution in [0.1, 0.15) is 24.4 Å². The summed E-state index contributed by atoms with van der Waals surface area (Å²) in [6.07, 6.45) is 4.22. The minimum Gasteiger partial charge on any atom is -0.361 e. The van der Waals surface area contributed by atoms with Crippen LogP contribution in [0, 0.1) is 0 Å². The lowest BCUT2D eigenvalue weighted by Gasteiger charge is -2.35. The van der Waals surface area contributed by atoms with Crippen molar-refractivity contribution in [1.29, 1.82) is 0 Å². The fourth-order valence-electron chi connectivity index (χ4n) is 5.55. The van der Waals surface area contributed by atoms with Crippen molar-refractivity contribution in [3.63, 3.8) is 0 Å². The molecule has 180 valence electrons. The monoisotopic (exact) mass is 470 g/mol. The predicted octanol–water partition coefficient (Wildman–Crippen LogP) is 3.15. The summed E-state index contributed by atoms with van der Waals surface area (Å²) in [5, 5.41) is 3.51. The van der Waals surface area contributed by atoms with Crippen LogP contribution in [0.25, 0.3) is 11.0 Å². The number of hydrogen-bond acceptors (Lipinski definition) is 5. The Morgan fingerprint density at radius 2 is 2.09 bits per heavy atom. The van der Waals surface area contributed by atoms with Gasteiger partial charge in [0.1, 0.15) is 6.73 Å². The Hall–Kier alpha value is -1.94. The summed E-state index contributed by atoms with van der Waals surface area (Å²) in [4.78, 5) is 24.8. The molecule has 2 amide bonds. The van der Waals surface area contributed by atoms with Gasteiger partial charge in [0.05, 0.1) is 35.6 Å². The van der Waals surface area contributed by atoms with Crippen LogP contribution in [0.15, 0.2) is 24.5 Å². The summed E-state index contributed by atoms with van der Waals surface area (Å²) in [6.45, 7) is 12.0. The number of aromatic nitrogens is 2. The molecule has 2 aromatic rings. The molecule has 0 saturated carbocycles. The minimum atomic E-state index is -1.09. The molecule has 0 spiro atoms. The van der Waals surface area contributed by atoms with E-state index in [1.54, 1.807) is 0 Å². The maximum Gasteiger partial charge on any atom is 0.322 e. The Kier molecular flexibility index (Phi) is 6.24. The molecule has 3 aliphatic heterocycles. The maximum absolute atomic E-state index is 13.5. The lowest BCUT2D eigenvalue weighted by Crippen LogP contribution is -2.50. The van der Waals surface area contributed by atoms with E-state index in [0.717, 1.165) is 62.7 Å². The molecule has 0 bridgehead atoms. The number of imidazole rings is 1. The molecule has 3 aliphatic rings. The third-order valence-electron chi connectivity index (χ3n) is 7.43. The fraction of sp³-hybridized carbons (Fsp3) is 0.667. The average Bonchev–Trinajstić information content (AvgIpc) is 3.46. The average molecular weight is 471 g/mol. The van der Waals surface area contributed by atoms with Crippen molar-refractivity contribution in [2.45, 2.75) is 63.5 Å². The third-order valence-corrected chi connectivity index (χ3v) is 9.13. The van der Waals surface area contributed by atoms with Crippen molar-refractivity contribution in [3.05, 3.63) is 30.1 Å². The lowest BCUT2D eigenvalue weighted by atomic mass is 9.96. The molecule has 3 unspecified atom stereocenters. The SMILES string of the molecule is CN1CCCC1N1C(=O)N2CCNCC2C1c1ccc2c(c1)ncn2COCC[Si](C)(C)C. The Morgan fingerprint density at radius 3 is 2.85 bits per heavy atom. The van der Waals surface area contributed by atoms with Gasteiger partial charge in [0, 0.05) is 34.3 Å². The van der Waals surface area contributed by atoms with E-state index in [1.807, 2.05) is 6.33 Å². The van der Waals surface area contributed by atoms with Gasteiger partial charge in [-0.3, -0.25) is 9.80 Å². The van der Waals surface area contributed by atoms with Gasteiger partial charge in [-0.2, -0.15) is 0 Å². The van der Waals surface area contributed by atoms with Gasteiger partial charge in [0.15, 0.2) is 0 Å². The molecule has 3 saturated heterocycles. The van der Waals surface area contributed by atoms with Crippen LogP contribution >= 0.6 is 0 Å². The van der Waals surface area contributed by atoms with E-state index in [-0.39, 0.29) is 24.3 Å². The highest BCUT2D eigenvalue weighted by Crippen LogP contribution is 2.40. The molecular weight excluding hydrogens is 432 g/mol. The van der Waals surface area contributed by atoms with Crippen LogP contribution < -0.4 is 5.32 Å². The summed E-state index contributed by atoms with van der Waals surface area (Å²) >= 11 is 0. The van der Waals surface area contributed by atoms with Crippen LogP contribution in [-0.2, 0) is 11.5 Å². The zero-order chi connectivity index (χ0) is 23.2. The first-order chi connectivity index (χ1) is 15.8. The van der Waals surface area contributed by atoms with Gasteiger partial charge >= 0.3 is 6.03 Å². The zero-order valence-electron chi connectivity index (χ0n) is 20.5. The van der Waals surface area contributed by atoms with Crippen molar-refractivity contribution in [2.75, 3.05) is 39.8 Å². The Bertz CT molecular complexity index is 1000. The molecule has 0 radical (unpaired) electrons. The van der Waals surface area contributed by atoms with Gasteiger partial charge in [-0.25, -0.2) is 9.78 Å². The van der Waals surface area contributed by atoms with Crippen molar-refractivity contribution >= 4 is 25.1 Å². The summed E-state index contributed by atoms with van der Waals surface area (Å²) in [6, 6.07) is 8.08. The van der Waals surface area contributed by atoms with Crippen LogP contribution in [0.5, 0.6) is 0 Å². The molecule has 0 aliphatic carbocycles. The minimum absolute atomic E-state index is 0.0402. The first-order valence-corrected chi connectivity index (χ1v) is 16.1. The van der Waals surface area contributed by atoms with Crippen molar-refractivity contribution in [3.8, 4) is 0 Å². The number of carbonyl (C=O) groups is 1. The maximum atomic E-state index is 13.5. The first-order valence-electron chi connectivity index (χ1n) is 12.4. The second kappa shape index (κ2) is 9.01. The number of benzene rings is 1. The van der Waals surface area contributed by atoms with E-state index in [1.165, 1.54) is 5.56 Å². The van der Waals surface area contributed by atoms with Gasteiger partial charge in [-0.1, -0.05) is 25.7 Å². The number of ether oxygens (including phenoxy) is 1. The summed E-state index contributed by atoms with van der Waals surface area (Å²) < 4.78 is 8.04. The molecule has 4 heterocycles. The van der Waals surface area contributed by atoms with E-state index < -0.39 is 8.07 Å². The molecule has 5 rings (SSSR count). The highest BCUT2D eigenvalue weighted by molar-refractivity contribution is 6.76. The normalized spacial score (nSPS) is 26.5. The third kappa shape index (κ3) is 4.43. The number of hydrogen-bond donors (Lipinski definition) is 1. The number of carbonyl (C=O) groups excluding carboxylic acids is 1. The molecule has 8 nitrogen and oxygen atoms in total. The largest absolute Gasteiger partial charge is 0.361 e. The number of urea groups is 1. The van der Waals surface area contributed by atoms with E-state index >= 15 is 0 Å². The number of fused-ring (bicyclic) bond motifs is 2. The highest BCUT2D eigenvalue weighted by atomic mass is 28.3. The van der Waals surface area contributed by atoms with Gasteiger partial charge in [-0.05, 0) is 50.2 Å². The molecule has 1 aromatic carbocycles. The van der Waals surface area contributed by atoms with E-state index in [9.17, 15) is 4.79 Å². The zero-order valence-corrected chi connectivity index (χ0v) is 21.5. The number of piperazine rings is 1. The van der Waals surface area contributed by atoms with Crippen LogP contribution in [-0.4, -0.2) is 90.4 Å². The first kappa shape index (κ1) is 22.8. The van der Waals surface area contributed by atoms with E-state index in [0.29, 0.717) is 6.73 Å². The summed E-state index contributed by atoms with van der Waals surface area (Å²) in [5.41, 5.74) is 3.23. The second-order valence-electron chi connectivity index (χ2n) is 11.0. The molecule has 9 heteroatoms. The van der Waals surface area contributed by atoms with E-state index in [4.69, 9.17) is 4.74 Å². The number of likely N-dealkylation sites (tertiary alicyclic amines) is 1. The molecular formula is C24H38N6O2Si. The van der Waals surface area contributed by atoms with Crippen molar-refractivity contribution in [2.24, 2.45) is 0 Å². The topological polar surface area (TPSA) is 65.9 Å². The van der Waals surface area contributed by atoms with Gasteiger partial charge < -0.3 is 19.5 Å². The number of rotatable bonds is 7. The standard InChI is InChI=1S/C24H38N6O2Si/c1-27-10-5-6-22(27)30-23(21-15-25-9-11-29(21)24(30)31)18-7-8-20-19(14-18)26-16-28(20)17-32-12-13-33(2,3)4/h7-8,14,16,21-23,25H,5-6,9-13,15,17H2,1-4H3. The fourth-order valence-corrected chi connectivity index (χ4v) is 6.30. The Balaban J connectivity index is 1.40.